The fourth-order valence-corrected chi connectivity index (χ4v) is 7.19. The molecular weight excluding hydrogens is 793 g/mol. The van der Waals surface area contributed by atoms with E-state index in [4.69, 9.17) is 14.2 Å². The van der Waals surface area contributed by atoms with Crippen molar-refractivity contribution in [2.45, 2.75) is 252 Å². The van der Waals surface area contributed by atoms with Crippen LogP contribution in [0.15, 0.2) is 85.1 Å². The van der Waals surface area contributed by atoms with E-state index in [1.54, 1.807) is 0 Å². The van der Waals surface area contributed by atoms with Gasteiger partial charge in [0.15, 0.2) is 6.10 Å². The monoisotopic (exact) mass is 891 g/mol. The molecule has 0 aromatic rings. The van der Waals surface area contributed by atoms with Gasteiger partial charge in [0.05, 0.1) is 0 Å². The highest BCUT2D eigenvalue weighted by atomic mass is 16.6. The second-order valence-corrected chi connectivity index (χ2v) is 17.4. The average Bonchev–Trinajstić information content (AvgIpc) is 3.29. The third-order valence-corrected chi connectivity index (χ3v) is 11.2. The summed E-state index contributed by atoms with van der Waals surface area (Å²) in [6.45, 7) is 6.45. The summed E-state index contributed by atoms with van der Waals surface area (Å²) in [6, 6.07) is 0. The number of ether oxygens (including phenoxy) is 3. The first-order valence-corrected chi connectivity index (χ1v) is 26.6. The van der Waals surface area contributed by atoms with Gasteiger partial charge in [-0.25, -0.2) is 0 Å². The number of hydrogen-bond acceptors (Lipinski definition) is 6. The Balaban J connectivity index is 4.28. The van der Waals surface area contributed by atoms with Gasteiger partial charge >= 0.3 is 17.9 Å². The van der Waals surface area contributed by atoms with Crippen LogP contribution in [0.1, 0.15) is 245 Å². The summed E-state index contributed by atoms with van der Waals surface area (Å²) in [5, 5.41) is 0. The number of carbonyl (C=O) groups is 3. The van der Waals surface area contributed by atoms with E-state index in [9.17, 15) is 14.4 Å². The van der Waals surface area contributed by atoms with Gasteiger partial charge in [-0.3, -0.25) is 14.4 Å². The Morgan fingerprint density at radius 3 is 0.953 bits per heavy atom. The normalized spacial score (nSPS) is 12.7. The molecule has 0 amide bonds. The van der Waals surface area contributed by atoms with Crippen LogP contribution >= 0.6 is 0 Å². The zero-order chi connectivity index (χ0) is 46.5. The summed E-state index contributed by atoms with van der Waals surface area (Å²) in [5.74, 6) is -0.924. The molecule has 0 spiro atoms. The van der Waals surface area contributed by atoms with Crippen molar-refractivity contribution in [3.8, 4) is 0 Å². The standard InChI is InChI=1S/C58H98O6/c1-4-7-10-13-16-18-20-22-24-25-26-27-28-29-30-31-32-33-34-36-37-39-42-45-48-51-57(60)63-54-55(53-62-56(59)50-47-44-41-15-12-9-6-3)64-58(61)52-49-46-43-40-38-35-23-21-19-17-14-11-8-5-2/h7,10,16,18,22,24,26-27,29-30,32-33,36-37,55H,4-6,8-9,11-15,17,19-21,23,25,28,31,34-35,38-54H2,1-3H3/b10-7-,18-16-,24-22-,27-26-,30-29-,33-32-,37-36-. The fourth-order valence-electron chi connectivity index (χ4n) is 7.19. The predicted molar refractivity (Wildman–Crippen MR) is 274 cm³/mol. The van der Waals surface area contributed by atoms with E-state index in [2.05, 4.69) is 106 Å². The van der Waals surface area contributed by atoms with Gasteiger partial charge in [-0.2, -0.15) is 0 Å². The molecule has 0 fully saturated rings. The van der Waals surface area contributed by atoms with Gasteiger partial charge in [0.1, 0.15) is 13.2 Å². The molecule has 0 rings (SSSR count). The van der Waals surface area contributed by atoms with Crippen LogP contribution in [0.25, 0.3) is 0 Å². The molecule has 0 N–H and O–H groups in total. The van der Waals surface area contributed by atoms with Crippen molar-refractivity contribution in [2.24, 2.45) is 0 Å². The lowest BCUT2D eigenvalue weighted by molar-refractivity contribution is -0.167. The number of esters is 3. The van der Waals surface area contributed by atoms with E-state index >= 15 is 0 Å². The topological polar surface area (TPSA) is 78.9 Å². The first-order chi connectivity index (χ1) is 31.5. The van der Waals surface area contributed by atoms with Crippen molar-refractivity contribution in [3.05, 3.63) is 85.1 Å². The van der Waals surface area contributed by atoms with Gasteiger partial charge in [0.25, 0.3) is 0 Å². The lowest BCUT2D eigenvalue weighted by Crippen LogP contribution is -2.30. The molecule has 6 heteroatoms. The van der Waals surface area contributed by atoms with Crippen LogP contribution in [0.5, 0.6) is 0 Å². The van der Waals surface area contributed by atoms with Crippen molar-refractivity contribution in [1.29, 1.82) is 0 Å². The van der Waals surface area contributed by atoms with Crippen molar-refractivity contribution in [2.75, 3.05) is 13.2 Å². The molecule has 0 radical (unpaired) electrons. The lowest BCUT2D eigenvalue weighted by Gasteiger charge is -2.18. The third kappa shape index (κ3) is 49.6. The maximum atomic E-state index is 12.8. The summed E-state index contributed by atoms with van der Waals surface area (Å²) in [4.78, 5) is 37.8. The molecular formula is C58H98O6. The van der Waals surface area contributed by atoms with Crippen LogP contribution in [0.2, 0.25) is 0 Å². The van der Waals surface area contributed by atoms with Gasteiger partial charge < -0.3 is 14.2 Å². The van der Waals surface area contributed by atoms with E-state index in [0.29, 0.717) is 19.3 Å². The molecule has 1 unspecified atom stereocenters. The quantitative estimate of drug-likeness (QED) is 0.0262. The Morgan fingerprint density at radius 1 is 0.328 bits per heavy atom. The first kappa shape index (κ1) is 60.6. The van der Waals surface area contributed by atoms with Crippen molar-refractivity contribution in [1.82, 2.24) is 0 Å². The molecule has 0 bridgehead atoms. The number of unbranched alkanes of at least 4 members (excludes halogenated alkanes) is 22. The summed E-state index contributed by atoms with van der Waals surface area (Å²) in [7, 11) is 0. The lowest BCUT2D eigenvalue weighted by atomic mass is 10.0. The Labute approximate surface area is 395 Å². The van der Waals surface area contributed by atoms with E-state index in [0.717, 1.165) is 109 Å². The van der Waals surface area contributed by atoms with Crippen LogP contribution < -0.4 is 0 Å². The van der Waals surface area contributed by atoms with Gasteiger partial charge in [0.2, 0.25) is 0 Å². The molecule has 0 heterocycles. The second-order valence-electron chi connectivity index (χ2n) is 17.4. The van der Waals surface area contributed by atoms with E-state index in [1.807, 2.05) is 0 Å². The van der Waals surface area contributed by atoms with Crippen LogP contribution in [0, 0.1) is 0 Å². The smallest absolute Gasteiger partial charge is 0.306 e. The molecule has 0 saturated carbocycles. The molecule has 0 aliphatic heterocycles. The SMILES string of the molecule is CC/C=C\C/C=C\C/C=C\C/C=C\C/C=C\C/C=C\C/C=C\CCCCCC(=O)OCC(COC(=O)CCCCCCCCC)OC(=O)CCCCCCCCCCCCCCCC. The Bertz CT molecular complexity index is 1250. The molecule has 0 aliphatic rings. The number of hydrogen-bond donors (Lipinski definition) is 0. The minimum atomic E-state index is -0.785. The Morgan fingerprint density at radius 2 is 0.609 bits per heavy atom. The minimum absolute atomic E-state index is 0.0853. The molecule has 0 aliphatic carbocycles. The maximum Gasteiger partial charge on any atom is 0.306 e. The van der Waals surface area contributed by atoms with E-state index in [1.165, 1.54) is 96.3 Å². The molecule has 64 heavy (non-hydrogen) atoms. The van der Waals surface area contributed by atoms with Gasteiger partial charge in [0, 0.05) is 19.3 Å². The molecule has 0 aromatic heterocycles. The van der Waals surface area contributed by atoms with Crippen LogP contribution in [-0.4, -0.2) is 37.2 Å². The van der Waals surface area contributed by atoms with Crippen molar-refractivity contribution >= 4 is 17.9 Å². The highest BCUT2D eigenvalue weighted by Crippen LogP contribution is 2.15. The molecule has 1 atom stereocenters. The Kier molecular flexibility index (Phi) is 49.4. The first-order valence-electron chi connectivity index (χ1n) is 26.6. The van der Waals surface area contributed by atoms with Gasteiger partial charge in [-0.1, -0.05) is 234 Å². The highest BCUT2D eigenvalue weighted by molar-refractivity contribution is 5.71. The van der Waals surface area contributed by atoms with Crippen LogP contribution in [-0.2, 0) is 28.6 Å². The minimum Gasteiger partial charge on any atom is -0.462 e. The number of allylic oxidation sites excluding steroid dienone is 14. The molecule has 6 nitrogen and oxygen atoms in total. The number of carbonyl (C=O) groups excluding carboxylic acids is 3. The summed E-state index contributed by atoms with van der Waals surface area (Å²) >= 11 is 0. The zero-order valence-electron chi connectivity index (χ0n) is 41.8. The Hall–Kier alpha value is -3.41. The summed E-state index contributed by atoms with van der Waals surface area (Å²) in [6.07, 6.45) is 67.3. The molecule has 366 valence electrons. The van der Waals surface area contributed by atoms with Crippen molar-refractivity contribution < 1.29 is 28.6 Å². The largest absolute Gasteiger partial charge is 0.462 e. The predicted octanol–water partition coefficient (Wildman–Crippen LogP) is 17.6. The van der Waals surface area contributed by atoms with Gasteiger partial charge in [-0.15, -0.1) is 0 Å². The number of rotatable bonds is 47. The van der Waals surface area contributed by atoms with Gasteiger partial charge in [-0.05, 0) is 77.0 Å². The van der Waals surface area contributed by atoms with E-state index in [-0.39, 0.29) is 31.1 Å². The zero-order valence-corrected chi connectivity index (χ0v) is 41.8. The maximum absolute atomic E-state index is 12.8. The van der Waals surface area contributed by atoms with Crippen LogP contribution in [0.3, 0.4) is 0 Å². The summed E-state index contributed by atoms with van der Waals surface area (Å²) in [5.41, 5.74) is 0. The van der Waals surface area contributed by atoms with E-state index < -0.39 is 6.10 Å². The second kappa shape index (κ2) is 52.2. The molecule has 0 aromatic carbocycles. The molecule has 0 saturated heterocycles. The summed E-state index contributed by atoms with van der Waals surface area (Å²) < 4.78 is 16.7. The fraction of sp³-hybridized carbons (Fsp3) is 0.707. The third-order valence-electron chi connectivity index (χ3n) is 11.2. The van der Waals surface area contributed by atoms with Crippen molar-refractivity contribution in [3.63, 3.8) is 0 Å². The highest BCUT2D eigenvalue weighted by Gasteiger charge is 2.19. The van der Waals surface area contributed by atoms with Crippen LogP contribution in [0.4, 0.5) is 0 Å². The average molecular weight is 891 g/mol.